The van der Waals surface area contributed by atoms with E-state index in [1.54, 1.807) is 0 Å². The number of benzene rings is 1. The summed E-state index contributed by atoms with van der Waals surface area (Å²) in [4.78, 5) is 168. The molecule has 23 atom stereocenters. The highest BCUT2D eigenvalue weighted by Crippen LogP contribution is 2.27. The third kappa shape index (κ3) is 27.9. The van der Waals surface area contributed by atoms with Crippen molar-refractivity contribution in [2.24, 2.45) is 11.5 Å². The number of aromatic hydroxyl groups is 1. The van der Waals surface area contributed by atoms with Gasteiger partial charge < -0.3 is 139 Å². The molecule has 39 nitrogen and oxygen atoms in total. The van der Waals surface area contributed by atoms with Crippen LogP contribution in [-0.4, -0.2) is 281 Å². The van der Waals surface area contributed by atoms with Crippen molar-refractivity contribution in [3.8, 4) is 5.75 Å². The molecule has 3 saturated heterocycles. The van der Waals surface area contributed by atoms with Crippen LogP contribution in [0.5, 0.6) is 5.75 Å². The number of esters is 1. The zero-order valence-electron chi connectivity index (χ0n) is 59.3. The van der Waals surface area contributed by atoms with Gasteiger partial charge in [0.2, 0.25) is 53.2 Å². The number of phenolic OH excluding ortho intramolecular Hbond substituents is 1. The summed E-state index contributed by atoms with van der Waals surface area (Å²) in [6.45, 7) is 8.90. The molecule has 11 amide bonds. The summed E-state index contributed by atoms with van der Waals surface area (Å²) in [5, 5.41) is 138. The number of carbonyl (C=O) groups is 12. The summed E-state index contributed by atoms with van der Waals surface area (Å²) in [5.41, 5.74) is 10.2. The Balaban J connectivity index is 1.86. The molecule has 0 bridgehead atoms. The number of hydrogen-bond donors (Lipinski definition) is 22. The van der Waals surface area contributed by atoms with Crippen LogP contribution in [0.25, 0.3) is 0 Å². The number of rotatable bonds is 31. The van der Waals surface area contributed by atoms with E-state index >= 15 is 0 Å². The molecule has 3 aliphatic rings. The molecule has 39 heteroatoms. The Labute approximate surface area is 604 Å². The molecule has 0 radical (unpaired) electrons. The van der Waals surface area contributed by atoms with Gasteiger partial charge in [0.1, 0.15) is 96.9 Å². The van der Waals surface area contributed by atoms with E-state index in [0.29, 0.717) is 12.8 Å². The second-order valence-corrected chi connectivity index (χ2v) is 26.3. The molecule has 2 unspecified atom stereocenters. The number of nitrogens with two attached hydrogens (primary N) is 2. The quantitative estimate of drug-likeness (QED) is 0.0186. The first kappa shape index (κ1) is 89.2. The van der Waals surface area contributed by atoms with Crippen LogP contribution < -0.4 is 59.3 Å². The molecule has 0 aliphatic carbocycles. The number of primary amides is 2. The molecular weight excluding hydrogens is 1390 g/mol. The zero-order chi connectivity index (χ0) is 78.7. The first-order valence-corrected chi connectivity index (χ1v) is 34.7. The maximum absolute atomic E-state index is 15.0. The third-order valence-corrected chi connectivity index (χ3v) is 17.6. The summed E-state index contributed by atoms with van der Waals surface area (Å²) in [7, 11) is 0. The van der Waals surface area contributed by atoms with Gasteiger partial charge in [0.15, 0.2) is 18.7 Å². The SMILES string of the molecule is C=C1NC(=O)[C@H](Cc2ccc(O)cc2)NC(=O)[C@H]([C@@H](C)O)NC(=O)[C@@H](NC(=O)[C@@H](NC(=O)C(O)C(CCCCCCCCCCC)O[C@@H]2O[C@@H](C)[C@H](O)[C@@H](O)[C@H]2O)[C@@H](C)O)[C@@H](C)OC(=O)[C@H](CCC(N)=O)NC(=O)[C@H]([C@@H](C)O[C@@H]2O[C@H](CO)[C@@H](O)[C@H](O)[C@@H]2O)NC(=O)CNC(=O)[C@H](CCC(N)=O)NC1=O. The van der Waals surface area contributed by atoms with Crippen LogP contribution in [0.1, 0.15) is 137 Å². The Morgan fingerprint density at radius 3 is 1.75 bits per heavy atom. The normalized spacial score (nSPS) is 29.9. The van der Waals surface area contributed by atoms with Gasteiger partial charge in [-0.2, -0.15) is 0 Å². The van der Waals surface area contributed by atoms with Crippen molar-refractivity contribution in [1.82, 2.24) is 47.9 Å². The predicted octanol–water partition coefficient (Wildman–Crippen LogP) is -7.99. The highest BCUT2D eigenvalue weighted by atomic mass is 16.7. The largest absolute Gasteiger partial charge is 0.508 e. The minimum absolute atomic E-state index is 0.112. The van der Waals surface area contributed by atoms with E-state index in [9.17, 15) is 114 Å². The number of carbonyl (C=O) groups excluding carboxylic acids is 12. The van der Waals surface area contributed by atoms with Crippen molar-refractivity contribution in [2.45, 2.75) is 278 Å². The number of aliphatic hydroxyl groups excluding tert-OH is 10. The van der Waals surface area contributed by atoms with Crippen LogP contribution in [0.2, 0.25) is 0 Å². The van der Waals surface area contributed by atoms with Crippen molar-refractivity contribution in [3.63, 3.8) is 0 Å². The summed E-state index contributed by atoms with van der Waals surface area (Å²) in [6, 6.07) is -9.57. The van der Waals surface area contributed by atoms with Gasteiger partial charge in [0, 0.05) is 19.3 Å². The third-order valence-electron chi connectivity index (χ3n) is 17.6. The van der Waals surface area contributed by atoms with Crippen LogP contribution >= 0.6 is 0 Å². The highest BCUT2D eigenvalue weighted by molar-refractivity contribution is 6.02. The molecule has 1 aromatic rings. The van der Waals surface area contributed by atoms with Gasteiger partial charge in [0.25, 0.3) is 11.8 Å². The number of phenols is 1. The summed E-state index contributed by atoms with van der Waals surface area (Å²) in [6.07, 6.45) is -25.3. The molecule has 3 aliphatic heterocycles. The van der Waals surface area contributed by atoms with E-state index in [1.165, 1.54) is 31.2 Å². The fraction of sp³-hybridized carbons (Fsp3) is 0.697. The summed E-state index contributed by atoms with van der Waals surface area (Å²) >= 11 is 0. The second kappa shape index (κ2) is 43.5. The first-order chi connectivity index (χ1) is 49.4. The number of ether oxygens (including phenoxy) is 5. The standard InChI is InChI=1S/C66H105N11O28/c1-8-9-10-11-12-13-14-15-16-17-40(104-66-54(90)52(88)49(85)34(7)103-66)51(87)63(99)76-46(31(4)80)60(96)77-48-32(5)101-64(100)38(23-25-43(68)83)72-61(97)47(33(6)102-65-55(91)53(89)50(86)41(28-78)105-65)74-44(84)27-69-57(93)37(22-24-42(67)82)71-56(92)29(2)70-58(94)39(26-35-18-20-36(81)21-19-35)73-59(95)45(30(3)79)75-62(48)98/h18-21,30-34,37-41,45-55,65-66,78-81,85-91H,2,8-17,22-28H2,1,3-7H3,(H2,67,82)(H2,68,83)(H,69,93)(H,70,94)(H,71,92)(H,72,97)(H,73,95)(H,74,84)(H,75,98)(H,76,99)(H,77,96)/t30-,31-,32-,33-,34+,37+,38+,39+,40?,41-,45+,46+,47+,48+,49+,50-,51?,52-,53+,54-,55+,65-,66+/m1/s1. The van der Waals surface area contributed by atoms with Crippen molar-refractivity contribution >= 4 is 70.9 Å². The Kier molecular flexibility index (Phi) is 36.9. The molecule has 592 valence electrons. The van der Waals surface area contributed by atoms with E-state index < -0.39 is 262 Å². The number of amides is 11. The van der Waals surface area contributed by atoms with Crippen LogP contribution in [0.3, 0.4) is 0 Å². The molecule has 0 aromatic heterocycles. The van der Waals surface area contributed by atoms with Crippen molar-refractivity contribution in [1.29, 1.82) is 0 Å². The van der Waals surface area contributed by atoms with Crippen LogP contribution in [0.4, 0.5) is 0 Å². The Morgan fingerprint density at radius 2 is 1.18 bits per heavy atom. The highest BCUT2D eigenvalue weighted by Gasteiger charge is 2.48. The maximum atomic E-state index is 15.0. The Hall–Kier alpha value is -8.16. The Morgan fingerprint density at radius 1 is 0.629 bits per heavy atom. The van der Waals surface area contributed by atoms with Crippen molar-refractivity contribution in [3.05, 3.63) is 42.1 Å². The number of cyclic esters (lactones) is 1. The van der Waals surface area contributed by atoms with Gasteiger partial charge in [-0.05, 0) is 71.6 Å². The maximum Gasteiger partial charge on any atom is 0.329 e. The second-order valence-electron chi connectivity index (χ2n) is 26.3. The average Bonchev–Trinajstić information content (AvgIpc) is 0.836. The summed E-state index contributed by atoms with van der Waals surface area (Å²) < 4.78 is 28.4. The van der Waals surface area contributed by atoms with E-state index in [2.05, 4.69) is 61.4 Å². The topological polar surface area (TPSA) is 634 Å². The lowest BCUT2D eigenvalue weighted by molar-refractivity contribution is -0.311. The monoisotopic (exact) mass is 1500 g/mol. The van der Waals surface area contributed by atoms with E-state index in [4.69, 9.17) is 35.2 Å². The molecular formula is C66H105N11O28. The lowest BCUT2D eigenvalue weighted by Gasteiger charge is -2.41. The summed E-state index contributed by atoms with van der Waals surface area (Å²) in [5.74, 6) is -16.2. The number of unbranched alkanes of at least 4 members (excludes halogenated alkanes) is 8. The fourth-order valence-corrected chi connectivity index (χ4v) is 11.3. The van der Waals surface area contributed by atoms with Crippen molar-refractivity contribution in [2.75, 3.05) is 13.2 Å². The fourth-order valence-electron chi connectivity index (χ4n) is 11.3. The molecule has 1 aromatic carbocycles. The van der Waals surface area contributed by atoms with Crippen molar-refractivity contribution < 1.29 is 137 Å². The smallest absolute Gasteiger partial charge is 0.329 e. The molecule has 4 rings (SSSR count). The Bertz CT molecular complexity index is 3100. The molecule has 3 heterocycles. The van der Waals surface area contributed by atoms with E-state index in [-0.39, 0.29) is 17.7 Å². The minimum Gasteiger partial charge on any atom is -0.508 e. The van der Waals surface area contributed by atoms with Gasteiger partial charge in [-0.3, -0.25) is 52.7 Å². The van der Waals surface area contributed by atoms with Gasteiger partial charge in [-0.1, -0.05) is 83.4 Å². The van der Waals surface area contributed by atoms with E-state index in [1.807, 2.05) is 0 Å². The van der Waals surface area contributed by atoms with Gasteiger partial charge in [-0.25, -0.2) is 4.79 Å². The number of aliphatic hydroxyl groups is 10. The lowest BCUT2D eigenvalue weighted by atomic mass is 9.99. The molecule has 3 fully saturated rings. The molecule has 0 spiro atoms. The number of nitrogens with one attached hydrogen (secondary N) is 9. The lowest BCUT2D eigenvalue weighted by Crippen LogP contribution is -2.64. The number of hydrogen-bond acceptors (Lipinski definition) is 28. The molecule has 0 saturated carbocycles. The van der Waals surface area contributed by atoms with Crippen LogP contribution in [0.15, 0.2) is 36.5 Å². The zero-order valence-corrected chi connectivity index (χ0v) is 59.3. The first-order valence-electron chi connectivity index (χ1n) is 34.7. The molecule has 24 N–H and O–H groups in total. The average molecular weight is 1500 g/mol. The van der Waals surface area contributed by atoms with Crippen LogP contribution in [-0.2, 0) is 87.6 Å². The van der Waals surface area contributed by atoms with Gasteiger partial charge in [-0.15, -0.1) is 0 Å². The van der Waals surface area contributed by atoms with Gasteiger partial charge >= 0.3 is 5.97 Å². The van der Waals surface area contributed by atoms with E-state index in [0.717, 1.165) is 72.6 Å². The van der Waals surface area contributed by atoms with Gasteiger partial charge in [0.05, 0.1) is 49.4 Å². The molecule has 105 heavy (non-hydrogen) atoms. The predicted molar refractivity (Wildman–Crippen MR) is 361 cm³/mol. The minimum atomic E-state index is -2.38. The van der Waals surface area contributed by atoms with Crippen LogP contribution in [0, 0.1) is 0 Å².